The van der Waals surface area contributed by atoms with Gasteiger partial charge in [0.25, 0.3) is 0 Å². The minimum absolute atomic E-state index is 0.645. The predicted molar refractivity (Wildman–Crippen MR) is 201 cm³/mol. The summed E-state index contributed by atoms with van der Waals surface area (Å²) in [4.78, 5) is 3.66. The predicted octanol–water partition coefficient (Wildman–Crippen LogP) is 8.25. The molecule has 0 N–H and O–H groups in total. The fourth-order valence-electron chi connectivity index (χ4n) is 7.27. The number of nitrogens with zero attached hydrogens (tertiary/aromatic N) is 3. The maximum absolute atomic E-state index is 10.3. The number of hydrogen-bond acceptors (Lipinski definition) is 1. The van der Waals surface area contributed by atoms with Crippen LogP contribution < -0.4 is 20.7 Å². The van der Waals surface area contributed by atoms with Crippen molar-refractivity contribution in [2.45, 2.75) is 0 Å². The largest absolute Gasteiger partial charge is 0.309 e. The fraction of sp³-hybridized carbons (Fsp3) is 0. The third kappa shape index (κ3) is 4.64. The monoisotopic (exact) mass is 627 g/mol. The molecular weight excluding hydrogens is 599 g/mol. The highest BCUT2D eigenvalue weighted by Gasteiger charge is 2.42. The van der Waals surface area contributed by atoms with Crippen molar-refractivity contribution < 1.29 is 0 Å². The van der Waals surface area contributed by atoms with E-state index in [9.17, 15) is 5.26 Å². The third-order valence-electron chi connectivity index (χ3n) is 9.43. The standard InChI is InChI=1S/C44H29N3Si/c1-46-35-24-29-43-41(30-35)40-17-9-10-18-42(40)47(43)36-25-20-32(21-26-36)33-22-27-39(28-23-33)48(37-13-4-2-5-14-37,38-15-6-3-7-16-38)44-19-11-8-12-34(44)31-45/h2-30H. The van der Waals surface area contributed by atoms with E-state index in [1.807, 2.05) is 24.3 Å². The molecule has 1 heterocycles. The second-order valence-electron chi connectivity index (χ2n) is 11.9. The lowest BCUT2D eigenvalue weighted by molar-refractivity contribution is 1.18. The first-order valence-electron chi connectivity index (χ1n) is 15.9. The molecule has 0 amide bonds. The molecular formula is C44H29N3Si. The number of para-hydroxylation sites is 1. The Kier molecular flexibility index (Phi) is 7.27. The van der Waals surface area contributed by atoms with E-state index < -0.39 is 8.07 Å². The molecule has 224 valence electrons. The van der Waals surface area contributed by atoms with E-state index in [4.69, 9.17) is 6.57 Å². The Morgan fingerprint density at radius 1 is 0.521 bits per heavy atom. The number of rotatable bonds is 6. The van der Waals surface area contributed by atoms with Crippen molar-refractivity contribution in [1.29, 1.82) is 5.26 Å². The molecule has 0 fully saturated rings. The summed E-state index contributed by atoms with van der Waals surface area (Å²) < 4.78 is 2.28. The lowest BCUT2D eigenvalue weighted by atomic mass is 10.1. The van der Waals surface area contributed by atoms with Gasteiger partial charge >= 0.3 is 0 Å². The Balaban J connectivity index is 1.25. The molecule has 0 bridgehead atoms. The van der Waals surface area contributed by atoms with Crippen molar-refractivity contribution in [3.8, 4) is 22.9 Å². The Morgan fingerprint density at radius 3 is 1.71 bits per heavy atom. The highest BCUT2D eigenvalue weighted by atomic mass is 28.3. The third-order valence-corrected chi connectivity index (χ3v) is 14.3. The molecule has 8 rings (SSSR count). The molecule has 7 aromatic carbocycles. The quantitative estimate of drug-likeness (QED) is 0.104. The van der Waals surface area contributed by atoms with Crippen LogP contribution >= 0.6 is 0 Å². The average Bonchev–Trinajstić information content (AvgIpc) is 3.50. The van der Waals surface area contributed by atoms with Gasteiger partial charge in [0.2, 0.25) is 0 Å². The first-order chi connectivity index (χ1) is 23.7. The Morgan fingerprint density at radius 2 is 1.06 bits per heavy atom. The zero-order valence-electron chi connectivity index (χ0n) is 26.1. The van der Waals surface area contributed by atoms with Gasteiger partial charge in [-0.3, -0.25) is 0 Å². The fourth-order valence-corrected chi connectivity index (χ4v) is 12.1. The first kappa shape index (κ1) is 29.0. The summed E-state index contributed by atoms with van der Waals surface area (Å²) in [5.41, 5.74) is 6.90. The van der Waals surface area contributed by atoms with Gasteiger partial charge in [0.15, 0.2) is 13.8 Å². The second kappa shape index (κ2) is 12.0. The van der Waals surface area contributed by atoms with Crippen molar-refractivity contribution >= 4 is 56.3 Å². The number of fused-ring (bicyclic) bond motifs is 3. The van der Waals surface area contributed by atoms with Gasteiger partial charge < -0.3 is 4.57 Å². The smallest absolute Gasteiger partial charge is 0.188 e. The minimum atomic E-state index is -2.84. The number of aromatic nitrogens is 1. The lowest BCUT2D eigenvalue weighted by Crippen LogP contribution is -2.75. The molecule has 48 heavy (non-hydrogen) atoms. The molecule has 1 aromatic heterocycles. The summed E-state index contributed by atoms with van der Waals surface area (Å²) in [6, 6.07) is 64.0. The Labute approximate surface area is 281 Å². The highest BCUT2D eigenvalue weighted by Crippen LogP contribution is 2.34. The van der Waals surface area contributed by atoms with Crippen molar-refractivity contribution in [3.63, 3.8) is 0 Å². The molecule has 0 radical (unpaired) electrons. The molecule has 0 atom stereocenters. The Bertz CT molecular complexity index is 2460. The number of benzene rings is 7. The van der Waals surface area contributed by atoms with Crippen LogP contribution in [0.5, 0.6) is 0 Å². The summed E-state index contributed by atoms with van der Waals surface area (Å²) >= 11 is 0. The minimum Gasteiger partial charge on any atom is -0.309 e. The maximum atomic E-state index is 10.3. The van der Waals surface area contributed by atoms with Gasteiger partial charge in [-0.15, -0.1) is 0 Å². The lowest BCUT2D eigenvalue weighted by Gasteiger charge is -2.35. The van der Waals surface area contributed by atoms with Gasteiger partial charge in [0.05, 0.1) is 29.2 Å². The molecule has 0 unspecified atom stereocenters. The van der Waals surface area contributed by atoms with Gasteiger partial charge in [0, 0.05) is 11.1 Å². The number of nitriles is 1. The summed E-state index contributed by atoms with van der Waals surface area (Å²) in [7, 11) is -2.84. The van der Waals surface area contributed by atoms with Gasteiger partial charge in [0.1, 0.15) is 0 Å². The van der Waals surface area contributed by atoms with Crippen LogP contribution in [0.4, 0.5) is 5.69 Å². The first-order valence-corrected chi connectivity index (χ1v) is 17.9. The van der Waals surface area contributed by atoms with Crippen molar-refractivity contribution in [3.05, 3.63) is 193 Å². The van der Waals surface area contributed by atoms with Crippen LogP contribution in [0.1, 0.15) is 5.56 Å². The number of hydrogen-bond donors (Lipinski definition) is 0. The second-order valence-corrected chi connectivity index (χ2v) is 15.7. The van der Waals surface area contributed by atoms with Crippen LogP contribution in [0, 0.1) is 17.9 Å². The van der Waals surface area contributed by atoms with E-state index in [-0.39, 0.29) is 0 Å². The van der Waals surface area contributed by atoms with E-state index in [2.05, 4.69) is 167 Å². The van der Waals surface area contributed by atoms with Crippen molar-refractivity contribution in [1.82, 2.24) is 4.57 Å². The summed E-state index contributed by atoms with van der Waals surface area (Å²) in [5, 5.41) is 17.3. The van der Waals surface area contributed by atoms with Crippen LogP contribution in [0.3, 0.4) is 0 Å². The molecule has 0 saturated heterocycles. The molecule has 3 nitrogen and oxygen atoms in total. The normalized spacial score (nSPS) is 11.3. The molecule has 0 aliphatic carbocycles. The van der Waals surface area contributed by atoms with Crippen LogP contribution in [0.2, 0.25) is 0 Å². The van der Waals surface area contributed by atoms with Crippen molar-refractivity contribution in [2.75, 3.05) is 0 Å². The van der Waals surface area contributed by atoms with E-state index in [1.54, 1.807) is 0 Å². The molecule has 0 aliphatic rings. The van der Waals surface area contributed by atoms with E-state index in [1.165, 1.54) is 15.6 Å². The molecule has 4 heteroatoms. The van der Waals surface area contributed by atoms with Gasteiger partial charge in [-0.1, -0.05) is 140 Å². The molecule has 0 saturated carbocycles. The van der Waals surface area contributed by atoms with E-state index >= 15 is 0 Å². The van der Waals surface area contributed by atoms with Crippen LogP contribution in [0.25, 0.3) is 43.5 Å². The van der Waals surface area contributed by atoms with Crippen LogP contribution in [0.15, 0.2) is 176 Å². The molecule has 0 aliphatic heterocycles. The van der Waals surface area contributed by atoms with Crippen LogP contribution in [-0.2, 0) is 0 Å². The van der Waals surface area contributed by atoms with Crippen molar-refractivity contribution in [2.24, 2.45) is 0 Å². The summed E-state index contributed by atoms with van der Waals surface area (Å²) in [6.07, 6.45) is 0. The van der Waals surface area contributed by atoms with E-state index in [0.717, 1.165) is 43.8 Å². The average molecular weight is 628 g/mol. The van der Waals surface area contributed by atoms with Gasteiger partial charge in [-0.05, 0) is 73.7 Å². The highest BCUT2D eigenvalue weighted by molar-refractivity contribution is 7.20. The summed E-state index contributed by atoms with van der Waals surface area (Å²) in [6.45, 7) is 7.51. The zero-order chi connectivity index (χ0) is 32.5. The SMILES string of the molecule is [C-]#[N+]c1ccc2c(c1)c1ccccc1n2-c1ccc(-c2ccc([Si](c3ccccc3)(c3ccccc3)c3ccccc3C#N)cc2)cc1. The summed E-state index contributed by atoms with van der Waals surface area (Å²) in [5.74, 6) is 0. The van der Waals surface area contributed by atoms with Gasteiger partial charge in [-0.25, -0.2) is 4.85 Å². The maximum Gasteiger partial charge on any atom is 0.188 e. The topological polar surface area (TPSA) is 33.1 Å². The molecule has 0 spiro atoms. The van der Waals surface area contributed by atoms with Crippen LogP contribution in [-0.4, -0.2) is 12.6 Å². The molecule has 8 aromatic rings. The zero-order valence-corrected chi connectivity index (χ0v) is 27.1. The Hall–Kier alpha value is -6.46. The van der Waals surface area contributed by atoms with E-state index in [0.29, 0.717) is 11.3 Å². The van der Waals surface area contributed by atoms with Gasteiger partial charge in [-0.2, -0.15) is 5.26 Å².